The van der Waals surface area contributed by atoms with Gasteiger partial charge in [0.25, 0.3) is 0 Å². The van der Waals surface area contributed by atoms with Gasteiger partial charge in [-0.3, -0.25) is 14.7 Å². The molecule has 4 aromatic rings. The number of halogens is 1. The van der Waals surface area contributed by atoms with E-state index in [4.69, 9.17) is 10.5 Å². The molecular formula is C27H29FN6O2. The third-order valence-electron chi connectivity index (χ3n) is 6.53. The molecule has 1 aromatic carbocycles. The number of benzene rings is 1. The van der Waals surface area contributed by atoms with E-state index in [9.17, 15) is 9.18 Å². The number of carbonyl (C=O) groups is 1. The van der Waals surface area contributed by atoms with E-state index in [1.54, 1.807) is 35.5 Å². The summed E-state index contributed by atoms with van der Waals surface area (Å²) in [6, 6.07) is 9.67. The van der Waals surface area contributed by atoms with Crippen LogP contribution >= 0.6 is 0 Å². The van der Waals surface area contributed by atoms with E-state index in [0.717, 1.165) is 36.1 Å². The van der Waals surface area contributed by atoms with Gasteiger partial charge in [0, 0.05) is 57.5 Å². The van der Waals surface area contributed by atoms with Gasteiger partial charge in [-0.1, -0.05) is 12.1 Å². The summed E-state index contributed by atoms with van der Waals surface area (Å²) < 4.78 is 20.8. The van der Waals surface area contributed by atoms with Crippen LogP contribution < -0.4 is 10.5 Å². The zero-order valence-corrected chi connectivity index (χ0v) is 20.2. The predicted octanol–water partition coefficient (Wildman–Crippen LogP) is 3.41. The number of pyridine rings is 2. The second-order valence-electron chi connectivity index (χ2n) is 9.14. The second kappa shape index (κ2) is 10.4. The van der Waals surface area contributed by atoms with Gasteiger partial charge in [-0.2, -0.15) is 0 Å². The Bertz CT molecular complexity index is 1350. The van der Waals surface area contributed by atoms with Crippen molar-refractivity contribution >= 4 is 16.9 Å². The maximum absolute atomic E-state index is 14.9. The number of ether oxygens (including phenoxy) is 1. The number of nitrogens with one attached hydrogen (secondary N) is 1. The van der Waals surface area contributed by atoms with Crippen LogP contribution in [-0.2, 0) is 17.8 Å². The molecule has 0 saturated carbocycles. The van der Waals surface area contributed by atoms with Crippen molar-refractivity contribution in [2.45, 2.75) is 25.9 Å². The molecule has 9 heteroatoms. The van der Waals surface area contributed by atoms with Crippen LogP contribution in [0.15, 0.2) is 61.2 Å². The van der Waals surface area contributed by atoms with Crippen LogP contribution in [0.4, 0.5) is 4.39 Å². The van der Waals surface area contributed by atoms with Crippen molar-refractivity contribution in [1.82, 2.24) is 24.8 Å². The van der Waals surface area contributed by atoms with Crippen LogP contribution in [0.1, 0.15) is 16.7 Å². The molecule has 3 N–H and O–H groups in total. The first-order valence-corrected chi connectivity index (χ1v) is 12.0. The fourth-order valence-electron chi connectivity index (χ4n) is 4.59. The van der Waals surface area contributed by atoms with Crippen molar-refractivity contribution in [3.05, 3.63) is 83.7 Å². The number of fused-ring (bicyclic) bond motifs is 1. The van der Waals surface area contributed by atoms with Gasteiger partial charge in [0.05, 0.1) is 11.4 Å². The van der Waals surface area contributed by atoms with Gasteiger partial charge in [0.1, 0.15) is 11.4 Å². The fourth-order valence-corrected chi connectivity index (χ4v) is 4.59. The summed E-state index contributed by atoms with van der Waals surface area (Å²) in [5, 5.41) is 0.814. The van der Waals surface area contributed by atoms with Crippen molar-refractivity contribution in [3.63, 3.8) is 0 Å². The molecule has 1 fully saturated rings. The van der Waals surface area contributed by atoms with E-state index in [-0.39, 0.29) is 18.1 Å². The number of piperazine rings is 1. The quantitative estimate of drug-likeness (QED) is 0.414. The summed E-state index contributed by atoms with van der Waals surface area (Å²) in [6.45, 7) is 5.53. The lowest BCUT2D eigenvalue weighted by Gasteiger charge is -2.35. The Morgan fingerprint density at radius 1 is 1.14 bits per heavy atom. The van der Waals surface area contributed by atoms with Crippen molar-refractivity contribution in [1.29, 1.82) is 0 Å². The van der Waals surface area contributed by atoms with Crippen molar-refractivity contribution < 1.29 is 13.9 Å². The molecule has 1 aliphatic rings. The van der Waals surface area contributed by atoms with Crippen LogP contribution in [0.5, 0.6) is 11.5 Å². The molecule has 8 nitrogen and oxygen atoms in total. The van der Waals surface area contributed by atoms with E-state index in [0.29, 0.717) is 30.0 Å². The molecule has 0 aliphatic carbocycles. The molecule has 0 bridgehead atoms. The maximum Gasteiger partial charge on any atom is 0.239 e. The van der Waals surface area contributed by atoms with Crippen molar-refractivity contribution in [2.75, 3.05) is 26.2 Å². The van der Waals surface area contributed by atoms with Gasteiger partial charge in [0.2, 0.25) is 5.91 Å². The normalized spacial score (nSPS) is 15.2. The number of rotatable bonds is 7. The lowest BCUT2D eigenvalue weighted by molar-refractivity contribution is -0.134. The Labute approximate surface area is 208 Å². The van der Waals surface area contributed by atoms with E-state index in [1.165, 1.54) is 6.07 Å². The predicted molar refractivity (Wildman–Crippen MR) is 135 cm³/mol. The minimum absolute atomic E-state index is 0.108. The monoisotopic (exact) mass is 488 g/mol. The van der Waals surface area contributed by atoms with E-state index >= 15 is 0 Å². The fraction of sp³-hybridized carbons (Fsp3) is 0.296. The number of aromatic nitrogens is 3. The Balaban J connectivity index is 1.17. The number of nitrogens with two attached hydrogens (primary N) is 1. The lowest BCUT2D eigenvalue weighted by Crippen LogP contribution is -2.53. The molecule has 4 heterocycles. The highest BCUT2D eigenvalue weighted by Crippen LogP contribution is 2.32. The third kappa shape index (κ3) is 5.22. The number of amides is 1. The van der Waals surface area contributed by atoms with Gasteiger partial charge in [-0.15, -0.1) is 0 Å². The highest BCUT2D eigenvalue weighted by atomic mass is 19.1. The number of hydrogen-bond donors (Lipinski definition) is 2. The number of carbonyl (C=O) groups excluding carboxylic acids is 1. The Morgan fingerprint density at radius 3 is 2.72 bits per heavy atom. The summed E-state index contributed by atoms with van der Waals surface area (Å²) >= 11 is 0. The Kier molecular flexibility index (Phi) is 6.92. The number of nitrogens with zero attached hydrogens (tertiary/aromatic N) is 4. The molecule has 1 amide bonds. The average Bonchev–Trinajstić information content (AvgIpc) is 3.28. The molecule has 1 aliphatic heterocycles. The van der Waals surface area contributed by atoms with Gasteiger partial charge < -0.3 is 20.4 Å². The lowest BCUT2D eigenvalue weighted by atomic mass is 10.0. The first-order valence-electron chi connectivity index (χ1n) is 12.0. The number of aromatic amines is 1. The smallest absolute Gasteiger partial charge is 0.239 e. The molecule has 1 atom stereocenters. The molecule has 1 saturated heterocycles. The summed E-state index contributed by atoms with van der Waals surface area (Å²) in [6.07, 6.45) is 7.33. The van der Waals surface area contributed by atoms with Crippen molar-refractivity contribution in [2.24, 2.45) is 5.73 Å². The topological polar surface area (TPSA) is 100 Å². The average molecular weight is 489 g/mol. The number of H-pyrrole nitrogens is 1. The number of hydrogen-bond acceptors (Lipinski definition) is 6. The van der Waals surface area contributed by atoms with Crippen LogP contribution in [-0.4, -0.2) is 62.9 Å². The first-order chi connectivity index (χ1) is 17.5. The molecule has 0 radical (unpaired) electrons. The van der Waals surface area contributed by atoms with E-state index in [2.05, 4.69) is 25.9 Å². The molecule has 186 valence electrons. The minimum atomic E-state index is -0.733. The molecule has 1 unspecified atom stereocenters. The van der Waals surface area contributed by atoms with Gasteiger partial charge in [-0.25, -0.2) is 9.37 Å². The zero-order chi connectivity index (χ0) is 25.1. The molecule has 5 rings (SSSR count). The zero-order valence-electron chi connectivity index (χ0n) is 20.2. The van der Waals surface area contributed by atoms with E-state index in [1.807, 2.05) is 25.4 Å². The third-order valence-corrected chi connectivity index (χ3v) is 6.53. The molecule has 0 spiro atoms. The van der Waals surface area contributed by atoms with Crippen LogP contribution in [0.25, 0.3) is 11.0 Å². The minimum Gasteiger partial charge on any atom is -0.453 e. The number of aryl methyl sites for hydroxylation is 1. The van der Waals surface area contributed by atoms with Gasteiger partial charge in [-0.05, 0) is 54.3 Å². The second-order valence-corrected chi connectivity index (χ2v) is 9.14. The molecule has 36 heavy (non-hydrogen) atoms. The highest BCUT2D eigenvalue weighted by molar-refractivity contribution is 5.86. The standard InChI is InChI=1S/C27H29FN6O2/c1-18-15-32-26-25(18)24(6-8-31-26)36-23-5-4-19(13-21(23)28)14-22(29)27(35)34-11-9-33(10-12-34)17-20-3-2-7-30-16-20/h2-8,13,15-16,22H,9-12,14,17,29H2,1H3,(H,31,32). The largest absolute Gasteiger partial charge is 0.453 e. The highest BCUT2D eigenvalue weighted by Gasteiger charge is 2.26. The van der Waals surface area contributed by atoms with Crippen LogP contribution in [0, 0.1) is 12.7 Å². The summed E-state index contributed by atoms with van der Waals surface area (Å²) in [5.41, 5.74) is 9.69. The summed E-state index contributed by atoms with van der Waals surface area (Å²) in [5.74, 6) is 0.0182. The Hall–Kier alpha value is -3.82. The first kappa shape index (κ1) is 23.9. The Morgan fingerprint density at radius 2 is 1.97 bits per heavy atom. The van der Waals surface area contributed by atoms with Gasteiger partial charge >= 0.3 is 0 Å². The molecule has 3 aromatic heterocycles. The SMILES string of the molecule is Cc1c[nH]c2nccc(Oc3ccc(CC(N)C(=O)N4CCN(Cc5cccnc5)CC4)cc3F)c12. The van der Waals surface area contributed by atoms with Crippen molar-refractivity contribution in [3.8, 4) is 11.5 Å². The maximum atomic E-state index is 14.9. The van der Waals surface area contributed by atoms with Gasteiger partial charge in [0.15, 0.2) is 11.6 Å². The van der Waals surface area contributed by atoms with E-state index < -0.39 is 11.9 Å². The summed E-state index contributed by atoms with van der Waals surface area (Å²) in [4.78, 5) is 28.5. The van der Waals surface area contributed by atoms with Crippen LogP contribution in [0.2, 0.25) is 0 Å². The molecular weight excluding hydrogens is 459 g/mol. The van der Waals surface area contributed by atoms with Crippen LogP contribution in [0.3, 0.4) is 0 Å². The summed E-state index contributed by atoms with van der Waals surface area (Å²) in [7, 11) is 0.